The van der Waals surface area contributed by atoms with Crippen molar-refractivity contribution >= 4 is 11.6 Å². The van der Waals surface area contributed by atoms with Crippen molar-refractivity contribution in [2.24, 2.45) is 5.92 Å². The summed E-state index contributed by atoms with van der Waals surface area (Å²) in [5, 5.41) is 6.87. The highest BCUT2D eigenvalue weighted by molar-refractivity contribution is 5.80. The minimum absolute atomic E-state index is 0.0447. The van der Waals surface area contributed by atoms with E-state index in [1.54, 1.807) is 0 Å². The van der Waals surface area contributed by atoms with Crippen LogP contribution in [0.25, 0.3) is 0 Å². The zero-order chi connectivity index (χ0) is 21.1. The SMILES string of the molecule is CC(C)c1ccc(CC2C(=O)NC(N3CCN(c4ccccc4)CC3)NC2C)cc1. The van der Waals surface area contributed by atoms with Gasteiger partial charge in [-0.05, 0) is 42.5 Å². The van der Waals surface area contributed by atoms with Gasteiger partial charge in [-0.2, -0.15) is 0 Å². The fourth-order valence-corrected chi connectivity index (χ4v) is 4.51. The molecular formula is C25H34N4O. The summed E-state index contributed by atoms with van der Waals surface area (Å²) in [6.07, 6.45) is 0.692. The lowest BCUT2D eigenvalue weighted by atomic mass is 9.89. The topological polar surface area (TPSA) is 47.6 Å². The smallest absolute Gasteiger partial charge is 0.227 e. The van der Waals surface area contributed by atoms with E-state index >= 15 is 0 Å². The number of rotatable bonds is 5. The quantitative estimate of drug-likeness (QED) is 0.801. The van der Waals surface area contributed by atoms with Gasteiger partial charge in [-0.3, -0.25) is 15.0 Å². The average molecular weight is 407 g/mol. The summed E-state index contributed by atoms with van der Waals surface area (Å²) in [7, 11) is 0. The van der Waals surface area contributed by atoms with Crippen molar-refractivity contribution in [1.29, 1.82) is 0 Å². The summed E-state index contributed by atoms with van der Waals surface area (Å²) in [6.45, 7) is 10.3. The van der Waals surface area contributed by atoms with E-state index in [2.05, 4.69) is 95.8 Å². The molecule has 0 aromatic heterocycles. The third-order valence-electron chi connectivity index (χ3n) is 6.54. The molecule has 0 saturated carbocycles. The lowest BCUT2D eigenvalue weighted by Crippen LogP contribution is -2.69. The molecule has 0 spiro atoms. The predicted octanol–water partition coefficient (Wildman–Crippen LogP) is 3.18. The average Bonchev–Trinajstić information content (AvgIpc) is 2.77. The Morgan fingerprint density at radius 2 is 1.63 bits per heavy atom. The maximum atomic E-state index is 12.9. The van der Waals surface area contributed by atoms with E-state index in [0.29, 0.717) is 5.92 Å². The third-order valence-corrected chi connectivity index (χ3v) is 6.54. The first-order chi connectivity index (χ1) is 14.5. The summed E-state index contributed by atoms with van der Waals surface area (Å²) in [6, 6.07) is 19.4. The van der Waals surface area contributed by atoms with Crippen molar-refractivity contribution < 1.29 is 4.79 Å². The molecule has 30 heavy (non-hydrogen) atoms. The van der Waals surface area contributed by atoms with Crippen LogP contribution in [-0.4, -0.2) is 49.3 Å². The number of amides is 1. The van der Waals surface area contributed by atoms with Gasteiger partial charge in [-0.1, -0.05) is 56.3 Å². The maximum absolute atomic E-state index is 12.9. The Morgan fingerprint density at radius 1 is 0.967 bits per heavy atom. The molecule has 1 amide bonds. The molecule has 2 fully saturated rings. The third kappa shape index (κ3) is 4.68. The van der Waals surface area contributed by atoms with E-state index < -0.39 is 0 Å². The second-order valence-electron chi connectivity index (χ2n) is 8.93. The minimum Gasteiger partial charge on any atom is -0.369 e. The minimum atomic E-state index is -0.0787. The zero-order valence-electron chi connectivity index (χ0n) is 18.3. The van der Waals surface area contributed by atoms with Crippen molar-refractivity contribution in [1.82, 2.24) is 15.5 Å². The highest BCUT2D eigenvalue weighted by Crippen LogP contribution is 2.22. The van der Waals surface area contributed by atoms with Crippen LogP contribution >= 0.6 is 0 Å². The first-order valence-corrected chi connectivity index (χ1v) is 11.2. The molecule has 2 saturated heterocycles. The number of carbonyl (C=O) groups excluding carboxylic acids is 1. The highest BCUT2D eigenvalue weighted by atomic mass is 16.2. The number of piperazine rings is 1. The van der Waals surface area contributed by atoms with E-state index in [0.717, 1.165) is 32.6 Å². The van der Waals surface area contributed by atoms with Crippen molar-refractivity contribution in [2.75, 3.05) is 31.1 Å². The van der Waals surface area contributed by atoms with Crippen LogP contribution in [0.15, 0.2) is 54.6 Å². The van der Waals surface area contributed by atoms with E-state index in [4.69, 9.17) is 0 Å². The Morgan fingerprint density at radius 3 is 2.23 bits per heavy atom. The molecule has 4 rings (SSSR count). The van der Waals surface area contributed by atoms with Crippen LogP contribution in [0.2, 0.25) is 0 Å². The van der Waals surface area contributed by atoms with Gasteiger partial charge in [0.05, 0.1) is 5.92 Å². The molecule has 160 valence electrons. The second kappa shape index (κ2) is 9.19. The monoisotopic (exact) mass is 406 g/mol. The van der Waals surface area contributed by atoms with Crippen LogP contribution < -0.4 is 15.5 Å². The molecule has 5 nitrogen and oxygen atoms in total. The molecule has 3 unspecified atom stereocenters. The zero-order valence-corrected chi connectivity index (χ0v) is 18.3. The summed E-state index contributed by atoms with van der Waals surface area (Å²) in [4.78, 5) is 17.7. The van der Waals surface area contributed by atoms with Crippen LogP contribution in [0.3, 0.4) is 0 Å². The van der Waals surface area contributed by atoms with Crippen LogP contribution in [0.1, 0.15) is 37.8 Å². The Labute approximate surface area is 180 Å². The highest BCUT2D eigenvalue weighted by Gasteiger charge is 2.36. The van der Waals surface area contributed by atoms with E-state index in [9.17, 15) is 4.79 Å². The first kappa shape index (κ1) is 20.9. The summed E-state index contributed by atoms with van der Waals surface area (Å²) < 4.78 is 0. The Balaban J connectivity index is 1.32. The van der Waals surface area contributed by atoms with E-state index in [1.165, 1.54) is 16.8 Å². The van der Waals surface area contributed by atoms with Crippen LogP contribution in [-0.2, 0) is 11.2 Å². The number of anilines is 1. The van der Waals surface area contributed by atoms with Gasteiger partial charge in [0.2, 0.25) is 5.91 Å². The summed E-state index contributed by atoms with van der Waals surface area (Å²) in [5.41, 5.74) is 3.84. The van der Waals surface area contributed by atoms with Crippen LogP contribution in [0, 0.1) is 5.92 Å². The largest absolute Gasteiger partial charge is 0.369 e. The molecule has 5 heteroatoms. The lowest BCUT2D eigenvalue weighted by Gasteiger charge is -2.45. The van der Waals surface area contributed by atoms with Gasteiger partial charge in [0.25, 0.3) is 0 Å². The summed E-state index contributed by atoms with van der Waals surface area (Å²) >= 11 is 0. The lowest BCUT2D eigenvalue weighted by molar-refractivity contribution is -0.132. The molecule has 2 aliphatic rings. The van der Waals surface area contributed by atoms with Gasteiger partial charge < -0.3 is 10.2 Å². The maximum Gasteiger partial charge on any atom is 0.227 e. The van der Waals surface area contributed by atoms with Gasteiger partial charge in [-0.15, -0.1) is 0 Å². The molecular weight excluding hydrogens is 372 g/mol. The standard InChI is InChI=1S/C25H34N4O/c1-18(2)21-11-9-20(10-12-21)17-23-19(3)26-25(27-24(23)30)29-15-13-28(14-16-29)22-7-5-4-6-8-22/h4-12,18-19,23,25-26H,13-17H2,1-3H3,(H,27,30). The van der Waals surface area contributed by atoms with Gasteiger partial charge in [-0.25, -0.2) is 0 Å². The number of nitrogens with one attached hydrogen (secondary N) is 2. The molecule has 0 radical (unpaired) electrons. The molecule has 0 aliphatic carbocycles. The fourth-order valence-electron chi connectivity index (χ4n) is 4.51. The van der Waals surface area contributed by atoms with Crippen molar-refractivity contribution in [3.8, 4) is 0 Å². The van der Waals surface area contributed by atoms with E-state index in [1.807, 2.05) is 0 Å². The second-order valence-corrected chi connectivity index (χ2v) is 8.93. The van der Waals surface area contributed by atoms with Crippen molar-refractivity contribution in [3.63, 3.8) is 0 Å². The molecule has 2 N–H and O–H groups in total. The number of benzene rings is 2. The Bertz CT molecular complexity index is 828. The van der Waals surface area contributed by atoms with Crippen LogP contribution in [0.4, 0.5) is 5.69 Å². The summed E-state index contributed by atoms with van der Waals surface area (Å²) in [5.74, 6) is 0.641. The van der Waals surface area contributed by atoms with Gasteiger partial charge in [0.15, 0.2) is 0 Å². The number of hydrogen-bond acceptors (Lipinski definition) is 4. The van der Waals surface area contributed by atoms with Crippen molar-refractivity contribution in [2.45, 2.75) is 45.4 Å². The van der Waals surface area contributed by atoms with Gasteiger partial charge in [0, 0.05) is 37.9 Å². The molecule has 2 aromatic carbocycles. The Kier molecular flexibility index (Phi) is 6.40. The Hall–Kier alpha value is -2.37. The number of nitrogens with zero attached hydrogens (tertiary/aromatic N) is 2. The van der Waals surface area contributed by atoms with Crippen molar-refractivity contribution in [3.05, 3.63) is 65.7 Å². The number of hydrogen-bond donors (Lipinski definition) is 2. The molecule has 2 aliphatic heterocycles. The molecule has 0 bridgehead atoms. The van der Waals surface area contributed by atoms with Gasteiger partial charge >= 0.3 is 0 Å². The normalized spacial score (nSPS) is 25.4. The number of para-hydroxylation sites is 1. The first-order valence-electron chi connectivity index (χ1n) is 11.2. The molecule has 3 atom stereocenters. The molecule has 2 heterocycles. The van der Waals surface area contributed by atoms with Crippen LogP contribution in [0.5, 0.6) is 0 Å². The predicted molar refractivity (Wildman–Crippen MR) is 122 cm³/mol. The van der Waals surface area contributed by atoms with Gasteiger partial charge in [0.1, 0.15) is 6.29 Å². The van der Waals surface area contributed by atoms with E-state index in [-0.39, 0.29) is 24.2 Å². The molecule has 2 aromatic rings. The number of carbonyl (C=O) groups is 1. The fraction of sp³-hybridized carbons (Fsp3) is 0.480.